The van der Waals surface area contributed by atoms with Gasteiger partial charge in [-0.1, -0.05) is 19.1 Å². The highest BCUT2D eigenvalue weighted by molar-refractivity contribution is 5.79. The van der Waals surface area contributed by atoms with Crippen molar-refractivity contribution in [2.45, 2.75) is 26.3 Å². The summed E-state index contributed by atoms with van der Waals surface area (Å²) >= 11 is 0. The van der Waals surface area contributed by atoms with E-state index in [0.29, 0.717) is 24.9 Å². The van der Waals surface area contributed by atoms with Crippen LogP contribution in [0, 0.1) is 0 Å². The maximum Gasteiger partial charge on any atom is 0.221 e. The number of rotatable bonds is 8. The molecule has 2 aromatic rings. The molecule has 0 saturated carbocycles. The molecule has 0 unspecified atom stereocenters. The van der Waals surface area contributed by atoms with Gasteiger partial charge in [0.05, 0.1) is 18.3 Å². The molecule has 0 saturated heterocycles. The van der Waals surface area contributed by atoms with Gasteiger partial charge < -0.3 is 10.6 Å². The van der Waals surface area contributed by atoms with Gasteiger partial charge in [0.2, 0.25) is 11.3 Å². The van der Waals surface area contributed by atoms with E-state index in [1.165, 1.54) is 6.20 Å². The summed E-state index contributed by atoms with van der Waals surface area (Å²) in [5, 5.41) is 10.8. The minimum absolute atomic E-state index is 0.0112. The lowest BCUT2D eigenvalue weighted by Gasteiger charge is -2.09. The fraction of sp³-hybridized carbons (Fsp3) is 0.438. The molecule has 0 bridgehead atoms. The Morgan fingerprint density at radius 1 is 1.23 bits per heavy atom. The molecule has 0 aliphatic carbocycles. The molecule has 0 radical (unpaired) electrons. The molecule has 2 N–H and O–H groups in total. The Bertz CT molecular complexity index is 681. The zero-order valence-electron chi connectivity index (χ0n) is 12.8. The van der Waals surface area contributed by atoms with Gasteiger partial charge in [-0.15, -0.1) is 0 Å². The highest BCUT2D eigenvalue weighted by Crippen LogP contribution is 2.08. The van der Waals surface area contributed by atoms with Crippen LogP contribution in [-0.4, -0.2) is 35.3 Å². The summed E-state index contributed by atoms with van der Waals surface area (Å²) in [7, 11) is 0. The molecular weight excluding hydrogens is 280 g/mol. The van der Waals surface area contributed by atoms with Crippen LogP contribution in [0.25, 0.3) is 10.9 Å². The number of nitrogens with one attached hydrogen (secondary N) is 2. The van der Waals surface area contributed by atoms with Crippen molar-refractivity contribution in [3.8, 4) is 0 Å². The summed E-state index contributed by atoms with van der Waals surface area (Å²) in [6.45, 7) is 4.92. The SMILES string of the molecule is CCCNCCNC(=O)CCn1ncc(=O)c2ccccc21. The number of para-hydroxylation sites is 1. The van der Waals surface area contributed by atoms with E-state index < -0.39 is 0 Å². The first kappa shape index (κ1) is 16.2. The van der Waals surface area contributed by atoms with Gasteiger partial charge >= 0.3 is 0 Å². The second-order valence-electron chi connectivity index (χ2n) is 5.10. The Kier molecular flexibility index (Phi) is 6.09. The summed E-state index contributed by atoms with van der Waals surface area (Å²) in [4.78, 5) is 23.5. The zero-order chi connectivity index (χ0) is 15.8. The fourth-order valence-electron chi connectivity index (χ4n) is 2.23. The van der Waals surface area contributed by atoms with Crippen LogP contribution in [0.1, 0.15) is 19.8 Å². The van der Waals surface area contributed by atoms with Crippen molar-refractivity contribution in [1.29, 1.82) is 0 Å². The first-order valence-corrected chi connectivity index (χ1v) is 7.64. The number of carbonyl (C=O) groups excluding carboxylic acids is 1. The predicted octanol–water partition coefficient (Wildman–Crippen LogP) is 0.902. The summed E-state index contributed by atoms with van der Waals surface area (Å²) in [6.07, 6.45) is 2.72. The third-order valence-corrected chi connectivity index (χ3v) is 3.36. The number of amides is 1. The maximum atomic E-state index is 11.8. The molecule has 2 rings (SSSR count). The number of carbonyl (C=O) groups is 1. The van der Waals surface area contributed by atoms with E-state index in [-0.39, 0.29) is 11.3 Å². The van der Waals surface area contributed by atoms with Gasteiger partial charge in [-0.05, 0) is 25.1 Å². The Balaban J connectivity index is 1.88. The summed E-state index contributed by atoms with van der Waals surface area (Å²) in [5.74, 6) is -0.0112. The van der Waals surface area contributed by atoms with Gasteiger partial charge in [-0.25, -0.2) is 0 Å². The zero-order valence-corrected chi connectivity index (χ0v) is 12.8. The normalized spacial score (nSPS) is 10.8. The van der Waals surface area contributed by atoms with Gasteiger partial charge in [0.25, 0.3) is 0 Å². The lowest BCUT2D eigenvalue weighted by atomic mass is 10.2. The van der Waals surface area contributed by atoms with Crippen LogP contribution < -0.4 is 16.1 Å². The molecule has 0 aliphatic rings. The molecule has 0 spiro atoms. The second kappa shape index (κ2) is 8.29. The molecule has 6 nitrogen and oxygen atoms in total. The van der Waals surface area contributed by atoms with Crippen molar-refractivity contribution in [2.75, 3.05) is 19.6 Å². The van der Waals surface area contributed by atoms with Crippen molar-refractivity contribution in [1.82, 2.24) is 20.4 Å². The standard InChI is InChI=1S/C16H22N4O2/c1-2-8-17-9-10-18-16(22)7-11-20-14-6-4-3-5-13(14)15(21)12-19-20/h3-6,12,17H,2,7-11H2,1H3,(H,18,22). The minimum Gasteiger partial charge on any atom is -0.355 e. The van der Waals surface area contributed by atoms with Gasteiger partial charge in [-0.3, -0.25) is 14.3 Å². The van der Waals surface area contributed by atoms with E-state index in [0.717, 1.165) is 25.0 Å². The minimum atomic E-state index is -0.0988. The maximum absolute atomic E-state index is 11.8. The average molecular weight is 302 g/mol. The monoisotopic (exact) mass is 302 g/mol. The van der Waals surface area contributed by atoms with E-state index in [2.05, 4.69) is 22.7 Å². The van der Waals surface area contributed by atoms with Crippen molar-refractivity contribution in [3.63, 3.8) is 0 Å². The molecule has 6 heteroatoms. The average Bonchev–Trinajstić information content (AvgIpc) is 2.54. The van der Waals surface area contributed by atoms with E-state index in [4.69, 9.17) is 0 Å². The lowest BCUT2D eigenvalue weighted by molar-refractivity contribution is -0.121. The molecule has 118 valence electrons. The number of nitrogens with zero attached hydrogens (tertiary/aromatic N) is 2. The van der Waals surface area contributed by atoms with Gasteiger partial charge in [0.15, 0.2) is 0 Å². The summed E-state index contributed by atoms with van der Waals surface area (Å²) in [6, 6.07) is 7.30. The predicted molar refractivity (Wildman–Crippen MR) is 86.8 cm³/mol. The summed E-state index contributed by atoms with van der Waals surface area (Å²) < 4.78 is 1.70. The molecule has 0 fully saturated rings. The number of fused-ring (bicyclic) bond motifs is 1. The Hall–Kier alpha value is -2.21. The molecule has 1 heterocycles. The molecule has 1 aromatic carbocycles. The first-order chi connectivity index (χ1) is 10.7. The van der Waals surface area contributed by atoms with Crippen molar-refractivity contribution >= 4 is 16.8 Å². The third-order valence-electron chi connectivity index (χ3n) is 3.36. The molecule has 1 aromatic heterocycles. The molecule has 0 aliphatic heterocycles. The Morgan fingerprint density at radius 2 is 2.05 bits per heavy atom. The van der Waals surface area contributed by atoms with Gasteiger partial charge in [0.1, 0.15) is 0 Å². The number of aromatic nitrogens is 2. The van der Waals surface area contributed by atoms with Crippen LogP contribution in [0.3, 0.4) is 0 Å². The quantitative estimate of drug-likeness (QED) is 0.711. The summed E-state index contributed by atoms with van der Waals surface area (Å²) in [5.41, 5.74) is 0.658. The Labute approximate surface area is 129 Å². The van der Waals surface area contributed by atoms with E-state index in [1.807, 2.05) is 18.2 Å². The lowest BCUT2D eigenvalue weighted by Crippen LogP contribution is -2.32. The van der Waals surface area contributed by atoms with E-state index >= 15 is 0 Å². The van der Waals surface area contributed by atoms with Crippen LogP contribution in [0.2, 0.25) is 0 Å². The highest BCUT2D eigenvalue weighted by Gasteiger charge is 2.06. The van der Waals surface area contributed by atoms with Crippen LogP contribution in [0.15, 0.2) is 35.3 Å². The smallest absolute Gasteiger partial charge is 0.221 e. The van der Waals surface area contributed by atoms with Crippen LogP contribution >= 0.6 is 0 Å². The largest absolute Gasteiger partial charge is 0.355 e. The molecule has 1 amide bonds. The number of hydrogen-bond donors (Lipinski definition) is 2. The second-order valence-corrected chi connectivity index (χ2v) is 5.10. The topological polar surface area (TPSA) is 76.0 Å². The van der Waals surface area contributed by atoms with Crippen molar-refractivity contribution in [2.24, 2.45) is 0 Å². The van der Waals surface area contributed by atoms with E-state index in [9.17, 15) is 9.59 Å². The Morgan fingerprint density at radius 3 is 2.86 bits per heavy atom. The number of benzene rings is 1. The van der Waals surface area contributed by atoms with Gasteiger partial charge in [-0.2, -0.15) is 5.10 Å². The van der Waals surface area contributed by atoms with Crippen molar-refractivity contribution in [3.05, 3.63) is 40.7 Å². The molecular formula is C16H22N4O2. The van der Waals surface area contributed by atoms with Crippen LogP contribution in [-0.2, 0) is 11.3 Å². The molecule has 22 heavy (non-hydrogen) atoms. The van der Waals surface area contributed by atoms with Gasteiger partial charge in [0, 0.05) is 24.9 Å². The van der Waals surface area contributed by atoms with Crippen molar-refractivity contribution < 1.29 is 4.79 Å². The van der Waals surface area contributed by atoms with Crippen LogP contribution in [0.5, 0.6) is 0 Å². The van der Waals surface area contributed by atoms with Crippen LogP contribution in [0.4, 0.5) is 0 Å². The third kappa shape index (κ3) is 4.39. The molecule has 0 atom stereocenters. The van der Waals surface area contributed by atoms with E-state index in [1.54, 1.807) is 10.7 Å². The highest BCUT2D eigenvalue weighted by atomic mass is 16.1. The number of aryl methyl sites for hydroxylation is 1. The first-order valence-electron chi connectivity index (χ1n) is 7.64. The fourth-order valence-corrected chi connectivity index (χ4v) is 2.23. The number of hydrogen-bond acceptors (Lipinski definition) is 4.